The highest BCUT2D eigenvalue weighted by atomic mass is 32.1. The minimum absolute atomic E-state index is 1.24. The van der Waals surface area contributed by atoms with Crippen LogP contribution in [0.4, 0.5) is 0 Å². The van der Waals surface area contributed by atoms with Crippen LogP contribution in [0.15, 0.2) is 140 Å². The molecule has 0 aliphatic carbocycles. The molecule has 0 N–H and O–H groups in total. The van der Waals surface area contributed by atoms with E-state index >= 15 is 0 Å². The summed E-state index contributed by atoms with van der Waals surface area (Å²) in [4.78, 5) is 0. The Balaban J connectivity index is 1.27. The number of fused-ring (bicyclic) bond motifs is 9. The van der Waals surface area contributed by atoms with Crippen LogP contribution >= 0.6 is 22.7 Å². The Morgan fingerprint density at radius 3 is 1.89 bits per heavy atom. The Hall–Kier alpha value is -5.22. The molecule has 0 saturated carbocycles. The van der Waals surface area contributed by atoms with Crippen LogP contribution in [0.1, 0.15) is 11.1 Å². The first-order chi connectivity index (χ1) is 23.1. The van der Waals surface area contributed by atoms with Gasteiger partial charge in [-0.3, -0.25) is 0 Å². The van der Waals surface area contributed by atoms with E-state index < -0.39 is 0 Å². The van der Waals surface area contributed by atoms with E-state index in [-0.39, 0.29) is 0 Å². The lowest BCUT2D eigenvalue weighted by Gasteiger charge is -2.10. The second kappa shape index (κ2) is 10.1. The van der Waals surface area contributed by atoms with E-state index in [1.165, 1.54) is 101 Å². The molecule has 0 bridgehead atoms. The molecule has 0 spiro atoms. The van der Waals surface area contributed by atoms with Crippen molar-refractivity contribution in [1.82, 2.24) is 4.57 Å². The molecule has 3 heterocycles. The molecule has 0 aliphatic rings. The molecule has 1 nitrogen and oxygen atoms in total. The molecule has 0 radical (unpaired) electrons. The lowest BCUT2D eigenvalue weighted by molar-refractivity contribution is 1.20. The second-order valence-corrected chi connectivity index (χ2v) is 14.8. The highest BCUT2D eigenvalue weighted by molar-refractivity contribution is 7.27. The summed E-state index contributed by atoms with van der Waals surface area (Å²) in [5.74, 6) is 0. The minimum Gasteiger partial charge on any atom is -0.308 e. The van der Waals surface area contributed by atoms with Crippen molar-refractivity contribution in [2.45, 2.75) is 13.8 Å². The van der Waals surface area contributed by atoms with Crippen LogP contribution in [0, 0.1) is 13.8 Å². The third-order valence-corrected chi connectivity index (χ3v) is 12.1. The molecule has 47 heavy (non-hydrogen) atoms. The second-order valence-electron chi connectivity index (χ2n) is 12.7. The Labute approximate surface area is 280 Å². The third kappa shape index (κ3) is 4.07. The standard InChI is InChI=1S/C44H29NS2/c1-26-15-19-38-35(21-26)36-22-27(2)16-20-39(36)45(38)40-13-8-12-33-37-24-30(23-34(43(37)47-44(33)40)28-9-4-3-5-10-28)29-17-18-32-31-11-6-7-14-41(31)46-42(32)25-29/h3-25H,1-2H3. The number of aryl methyl sites for hydroxylation is 2. The smallest absolute Gasteiger partial charge is 0.0640 e. The van der Waals surface area contributed by atoms with Crippen molar-refractivity contribution >= 4 is 84.8 Å². The first-order valence-corrected chi connectivity index (χ1v) is 17.7. The zero-order valence-corrected chi connectivity index (χ0v) is 27.7. The van der Waals surface area contributed by atoms with Gasteiger partial charge in [-0.15, -0.1) is 22.7 Å². The fourth-order valence-electron chi connectivity index (χ4n) is 7.48. The Morgan fingerprint density at radius 2 is 1.11 bits per heavy atom. The van der Waals surface area contributed by atoms with Gasteiger partial charge in [0.15, 0.2) is 0 Å². The molecular formula is C44H29NS2. The van der Waals surface area contributed by atoms with Gasteiger partial charge < -0.3 is 4.57 Å². The maximum absolute atomic E-state index is 2.49. The largest absolute Gasteiger partial charge is 0.308 e. The molecule has 0 atom stereocenters. The van der Waals surface area contributed by atoms with E-state index in [4.69, 9.17) is 0 Å². The van der Waals surface area contributed by atoms with Crippen molar-refractivity contribution < 1.29 is 0 Å². The van der Waals surface area contributed by atoms with Crippen molar-refractivity contribution in [2.75, 3.05) is 0 Å². The number of rotatable bonds is 3. The van der Waals surface area contributed by atoms with Crippen LogP contribution in [-0.4, -0.2) is 4.57 Å². The lowest BCUT2D eigenvalue weighted by Crippen LogP contribution is -1.94. The van der Waals surface area contributed by atoms with Crippen LogP contribution in [0.2, 0.25) is 0 Å². The first kappa shape index (κ1) is 26.9. The lowest BCUT2D eigenvalue weighted by atomic mass is 9.95. The first-order valence-electron chi connectivity index (χ1n) is 16.1. The summed E-state index contributed by atoms with van der Waals surface area (Å²) in [5, 5.41) is 7.91. The predicted octanol–water partition coefficient (Wildman–Crippen LogP) is 13.5. The maximum Gasteiger partial charge on any atom is 0.0640 e. The van der Waals surface area contributed by atoms with Crippen molar-refractivity contribution in [3.63, 3.8) is 0 Å². The number of thiophene rings is 2. The summed E-state index contributed by atoms with van der Waals surface area (Å²) < 4.78 is 7.81. The highest BCUT2D eigenvalue weighted by Crippen LogP contribution is 2.46. The predicted molar refractivity (Wildman–Crippen MR) is 207 cm³/mol. The van der Waals surface area contributed by atoms with Crippen molar-refractivity contribution in [1.29, 1.82) is 0 Å². The van der Waals surface area contributed by atoms with Crippen molar-refractivity contribution in [3.8, 4) is 27.9 Å². The summed E-state index contributed by atoms with van der Waals surface area (Å²) in [6.45, 7) is 4.37. The summed E-state index contributed by atoms with van der Waals surface area (Å²) in [6, 6.07) is 52.1. The number of aromatic nitrogens is 1. The summed E-state index contributed by atoms with van der Waals surface area (Å²) >= 11 is 3.80. The van der Waals surface area contributed by atoms with E-state index in [1.54, 1.807) is 0 Å². The van der Waals surface area contributed by atoms with E-state index in [9.17, 15) is 0 Å². The molecular weight excluding hydrogens is 607 g/mol. The van der Waals surface area contributed by atoms with Crippen molar-refractivity contribution in [2.24, 2.45) is 0 Å². The zero-order chi connectivity index (χ0) is 31.2. The molecule has 0 unspecified atom stereocenters. The van der Waals surface area contributed by atoms with Gasteiger partial charge in [0.1, 0.15) is 0 Å². The molecule has 0 saturated heterocycles. The van der Waals surface area contributed by atoms with Gasteiger partial charge in [0.05, 0.1) is 21.4 Å². The van der Waals surface area contributed by atoms with Crippen LogP contribution < -0.4 is 0 Å². The van der Waals surface area contributed by atoms with Crippen LogP contribution in [0.5, 0.6) is 0 Å². The van der Waals surface area contributed by atoms with Gasteiger partial charge >= 0.3 is 0 Å². The maximum atomic E-state index is 2.49. The fraction of sp³-hybridized carbons (Fsp3) is 0.0455. The van der Waals surface area contributed by atoms with Gasteiger partial charge in [-0.2, -0.15) is 0 Å². The normalized spacial score (nSPS) is 12.0. The molecule has 0 fully saturated rings. The van der Waals surface area contributed by atoms with Gasteiger partial charge in [-0.05, 0) is 85.1 Å². The molecule has 3 heteroatoms. The fourth-order valence-corrected chi connectivity index (χ4v) is 9.94. The molecule has 10 rings (SSSR count). The molecule has 10 aromatic rings. The Kier molecular flexibility index (Phi) is 5.81. The van der Waals surface area contributed by atoms with E-state index in [2.05, 4.69) is 158 Å². The topological polar surface area (TPSA) is 4.93 Å². The van der Waals surface area contributed by atoms with E-state index in [0.717, 1.165) is 0 Å². The SMILES string of the molecule is Cc1ccc2c(c1)c1cc(C)ccc1n2-c1cccc2c1sc1c(-c3ccccc3)cc(-c3ccc4c(c3)sc3ccccc34)cc12. The molecule has 0 amide bonds. The number of hydrogen-bond acceptors (Lipinski definition) is 2. The van der Waals surface area contributed by atoms with Crippen LogP contribution in [0.25, 0.3) is 90.1 Å². The van der Waals surface area contributed by atoms with Crippen LogP contribution in [0.3, 0.4) is 0 Å². The molecule has 3 aromatic heterocycles. The number of benzene rings is 7. The quantitative estimate of drug-likeness (QED) is 0.182. The van der Waals surface area contributed by atoms with Gasteiger partial charge in [-0.1, -0.05) is 96.1 Å². The van der Waals surface area contributed by atoms with Gasteiger partial charge in [0.25, 0.3) is 0 Å². The summed E-state index contributed by atoms with van der Waals surface area (Å²) in [7, 11) is 0. The monoisotopic (exact) mass is 635 g/mol. The van der Waals surface area contributed by atoms with Gasteiger partial charge in [-0.25, -0.2) is 0 Å². The zero-order valence-electron chi connectivity index (χ0n) is 26.0. The summed E-state index contributed by atoms with van der Waals surface area (Å²) in [5.41, 5.74) is 11.4. The average Bonchev–Trinajstić information content (AvgIpc) is 3.77. The van der Waals surface area contributed by atoms with Gasteiger partial charge in [0, 0.05) is 52.0 Å². The van der Waals surface area contributed by atoms with E-state index in [0.29, 0.717) is 0 Å². The third-order valence-electron chi connectivity index (χ3n) is 9.69. The van der Waals surface area contributed by atoms with Gasteiger partial charge in [0.2, 0.25) is 0 Å². The Bertz CT molecular complexity index is 2800. The minimum atomic E-state index is 1.24. The summed E-state index contributed by atoms with van der Waals surface area (Å²) in [6.07, 6.45) is 0. The molecule has 7 aromatic carbocycles. The molecule has 0 aliphatic heterocycles. The number of hydrogen-bond donors (Lipinski definition) is 0. The highest BCUT2D eigenvalue weighted by Gasteiger charge is 2.19. The molecule has 222 valence electrons. The average molecular weight is 636 g/mol. The number of nitrogens with zero attached hydrogens (tertiary/aromatic N) is 1. The van der Waals surface area contributed by atoms with Crippen LogP contribution in [-0.2, 0) is 0 Å². The van der Waals surface area contributed by atoms with Crippen molar-refractivity contribution in [3.05, 3.63) is 151 Å². The van der Waals surface area contributed by atoms with E-state index in [1.807, 2.05) is 22.7 Å². The Morgan fingerprint density at radius 1 is 0.404 bits per heavy atom.